The van der Waals surface area contributed by atoms with Gasteiger partial charge in [-0.15, -0.1) is 0 Å². The van der Waals surface area contributed by atoms with Crippen molar-refractivity contribution >= 4 is 22.5 Å². The first kappa shape index (κ1) is 22.2. The van der Waals surface area contributed by atoms with E-state index in [9.17, 15) is 23.1 Å². The molecule has 0 unspecified atom stereocenters. The Labute approximate surface area is 183 Å². The van der Waals surface area contributed by atoms with Gasteiger partial charge < -0.3 is 20.1 Å². The van der Waals surface area contributed by atoms with Crippen molar-refractivity contribution in [3.8, 4) is 5.75 Å². The van der Waals surface area contributed by atoms with Gasteiger partial charge in [-0.3, -0.25) is 4.79 Å². The van der Waals surface area contributed by atoms with Gasteiger partial charge in [-0.25, -0.2) is 0 Å². The molecular formula is C24H25F3N2O3. The maximum Gasteiger partial charge on any atom is 0.416 e. The van der Waals surface area contributed by atoms with Crippen LogP contribution in [-0.2, 0) is 17.6 Å². The van der Waals surface area contributed by atoms with E-state index in [1.165, 1.54) is 12.1 Å². The van der Waals surface area contributed by atoms with E-state index < -0.39 is 17.2 Å². The molecule has 3 N–H and O–H groups in total. The van der Waals surface area contributed by atoms with Gasteiger partial charge in [0.25, 0.3) is 0 Å². The lowest BCUT2D eigenvalue weighted by Gasteiger charge is -2.34. The number of nitrogens with one attached hydrogen (secondary N) is 2. The van der Waals surface area contributed by atoms with E-state index in [0.29, 0.717) is 42.7 Å². The Morgan fingerprint density at radius 2 is 1.88 bits per heavy atom. The number of rotatable bonds is 5. The molecule has 2 aromatic carbocycles. The zero-order chi connectivity index (χ0) is 22.9. The first-order chi connectivity index (χ1) is 15.1. The van der Waals surface area contributed by atoms with Crippen LogP contribution in [0.1, 0.15) is 43.7 Å². The molecule has 1 heterocycles. The van der Waals surface area contributed by atoms with Gasteiger partial charge >= 0.3 is 6.18 Å². The number of halogens is 3. The Morgan fingerprint density at radius 1 is 1.19 bits per heavy atom. The largest absolute Gasteiger partial charge is 0.489 e. The minimum absolute atomic E-state index is 0.0821. The average molecular weight is 446 g/mol. The highest BCUT2D eigenvalue weighted by atomic mass is 19.4. The summed E-state index contributed by atoms with van der Waals surface area (Å²) >= 11 is 0. The second-order valence-corrected chi connectivity index (χ2v) is 8.64. The molecule has 170 valence electrons. The van der Waals surface area contributed by atoms with Crippen molar-refractivity contribution in [2.45, 2.75) is 51.5 Å². The van der Waals surface area contributed by atoms with Crippen LogP contribution in [0.2, 0.25) is 0 Å². The fourth-order valence-electron chi connectivity index (χ4n) is 3.99. The standard InChI is InChI=1S/C24H25F3N2O3/c1-23(10-8-17(30)9-11-23)22(31)29-21-13-28-20-7-6-18(12-19(20)21)32-14-15-2-4-16(5-3-15)24(25,26)27/h2-7,12-13,17,28,30H,8-11,14H2,1H3,(H,29,31)/t17-,23+. The molecule has 5 nitrogen and oxygen atoms in total. The lowest BCUT2D eigenvalue weighted by molar-refractivity contribution is -0.137. The monoisotopic (exact) mass is 446 g/mol. The Bertz CT molecular complexity index is 1100. The van der Waals surface area contributed by atoms with Crippen LogP contribution in [0.25, 0.3) is 10.9 Å². The molecule has 1 fully saturated rings. The second-order valence-electron chi connectivity index (χ2n) is 8.64. The molecule has 0 saturated heterocycles. The highest BCUT2D eigenvalue weighted by Gasteiger charge is 2.37. The minimum atomic E-state index is -4.37. The number of H-pyrrole nitrogens is 1. The normalized spacial score (nSPS) is 21.5. The summed E-state index contributed by atoms with van der Waals surface area (Å²) in [5.74, 6) is 0.459. The molecule has 1 aliphatic carbocycles. The van der Waals surface area contributed by atoms with E-state index in [-0.39, 0.29) is 18.6 Å². The minimum Gasteiger partial charge on any atom is -0.489 e. The van der Waals surface area contributed by atoms with E-state index in [0.717, 1.165) is 23.0 Å². The van der Waals surface area contributed by atoms with Crippen LogP contribution in [0.4, 0.5) is 18.9 Å². The topological polar surface area (TPSA) is 74.4 Å². The van der Waals surface area contributed by atoms with Gasteiger partial charge in [-0.05, 0) is 61.6 Å². The van der Waals surface area contributed by atoms with E-state index in [2.05, 4.69) is 10.3 Å². The van der Waals surface area contributed by atoms with Gasteiger partial charge in [0.2, 0.25) is 5.91 Å². The first-order valence-corrected chi connectivity index (χ1v) is 10.5. The van der Waals surface area contributed by atoms with Crippen LogP contribution in [0.3, 0.4) is 0 Å². The smallest absolute Gasteiger partial charge is 0.416 e. The fourth-order valence-corrected chi connectivity index (χ4v) is 3.99. The zero-order valence-corrected chi connectivity index (χ0v) is 17.6. The Morgan fingerprint density at radius 3 is 2.53 bits per heavy atom. The summed E-state index contributed by atoms with van der Waals surface area (Å²) in [6.07, 6.45) is -0.502. The van der Waals surface area contributed by atoms with Gasteiger partial charge in [0.05, 0.1) is 17.4 Å². The van der Waals surface area contributed by atoms with Crippen molar-refractivity contribution in [1.29, 1.82) is 0 Å². The maximum atomic E-state index is 12.9. The Hall–Kier alpha value is -3.00. The molecule has 1 aromatic heterocycles. The van der Waals surface area contributed by atoms with Crippen molar-refractivity contribution in [2.24, 2.45) is 5.41 Å². The number of hydrogen-bond donors (Lipinski definition) is 3. The summed E-state index contributed by atoms with van der Waals surface area (Å²) < 4.78 is 43.9. The van der Waals surface area contributed by atoms with Crippen LogP contribution in [0.5, 0.6) is 5.75 Å². The molecule has 0 radical (unpaired) electrons. The molecule has 0 spiro atoms. The molecule has 0 atom stereocenters. The quantitative estimate of drug-likeness (QED) is 0.475. The first-order valence-electron chi connectivity index (χ1n) is 10.5. The number of aromatic nitrogens is 1. The summed E-state index contributed by atoms with van der Waals surface area (Å²) in [4.78, 5) is 16.0. The van der Waals surface area contributed by atoms with Crippen molar-refractivity contribution in [3.63, 3.8) is 0 Å². The van der Waals surface area contributed by atoms with Crippen LogP contribution < -0.4 is 10.1 Å². The van der Waals surface area contributed by atoms with Crippen LogP contribution >= 0.6 is 0 Å². The average Bonchev–Trinajstić information content (AvgIpc) is 3.16. The molecule has 1 amide bonds. The third-order valence-corrected chi connectivity index (χ3v) is 6.20. The van der Waals surface area contributed by atoms with Gasteiger partial charge in [-0.1, -0.05) is 19.1 Å². The molecule has 3 aromatic rings. The van der Waals surface area contributed by atoms with Crippen molar-refractivity contribution in [2.75, 3.05) is 5.32 Å². The summed E-state index contributed by atoms with van der Waals surface area (Å²) in [6.45, 7) is 2.04. The molecule has 1 saturated carbocycles. The Kier molecular flexibility index (Phi) is 5.90. The van der Waals surface area contributed by atoms with Crippen molar-refractivity contribution in [1.82, 2.24) is 4.98 Å². The number of alkyl halides is 3. The third-order valence-electron chi connectivity index (χ3n) is 6.20. The number of ether oxygens (including phenoxy) is 1. The second kappa shape index (κ2) is 8.50. The number of aliphatic hydroxyl groups is 1. The molecule has 4 rings (SSSR count). The number of anilines is 1. The van der Waals surface area contributed by atoms with Crippen LogP contribution in [-0.4, -0.2) is 22.1 Å². The molecule has 0 aliphatic heterocycles. The molecule has 8 heteroatoms. The number of benzene rings is 2. The van der Waals surface area contributed by atoms with Crippen LogP contribution in [0.15, 0.2) is 48.7 Å². The number of amides is 1. The third kappa shape index (κ3) is 4.75. The van der Waals surface area contributed by atoms with Gasteiger partial charge in [0.1, 0.15) is 12.4 Å². The highest BCUT2D eigenvalue weighted by molar-refractivity contribution is 6.03. The zero-order valence-electron chi connectivity index (χ0n) is 17.6. The fraction of sp³-hybridized carbons (Fsp3) is 0.375. The summed E-state index contributed by atoms with van der Waals surface area (Å²) in [5.41, 5.74) is 0.854. The van der Waals surface area contributed by atoms with E-state index in [1.54, 1.807) is 18.3 Å². The van der Waals surface area contributed by atoms with E-state index in [4.69, 9.17) is 4.74 Å². The van der Waals surface area contributed by atoms with Crippen molar-refractivity contribution in [3.05, 3.63) is 59.8 Å². The van der Waals surface area contributed by atoms with Crippen molar-refractivity contribution < 1.29 is 27.8 Å². The predicted octanol–water partition coefficient (Wildman–Crippen LogP) is 5.65. The number of fused-ring (bicyclic) bond motifs is 1. The van der Waals surface area contributed by atoms with Gasteiger partial charge in [0.15, 0.2) is 0 Å². The van der Waals surface area contributed by atoms with E-state index in [1.807, 2.05) is 13.0 Å². The van der Waals surface area contributed by atoms with E-state index >= 15 is 0 Å². The predicted molar refractivity (Wildman–Crippen MR) is 115 cm³/mol. The summed E-state index contributed by atoms with van der Waals surface area (Å²) in [6, 6.07) is 10.2. The molecule has 0 bridgehead atoms. The number of carbonyl (C=O) groups is 1. The lowest BCUT2D eigenvalue weighted by Crippen LogP contribution is -2.38. The van der Waals surface area contributed by atoms with Crippen LogP contribution in [0, 0.1) is 5.41 Å². The van der Waals surface area contributed by atoms with Gasteiger partial charge in [-0.2, -0.15) is 13.2 Å². The number of aromatic amines is 1. The Balaban J connectivity index is 1.45. The SMILES string of the molecule is C[C@]1(C(=O)Nc2c[nH]c3ccc(OCc4ccc(C(F)(F)F)cc4)cc23)CC[C@@H](O)CC1. The molecule has 1 aliphatic rings. The van der Waals surface area contributed by atoms with Gasteiger partial charge in [0, 0.05) is 22.5 Å². The summed E-state index contributed by atoms with van der Waals surface area (Å²) in [7, 11) is 0. The molecule has 32 heavy (non-hydrogen) atoms. The number of hydrogen-bond acceptors (Lipinski definition) is 3. The lowest BCUT2D eigenvalue weighted by atomic mass is 9.74. The summed E-state index contributed by atoms with van der Waals surface area (Å²) in [5, 5.41) is 13.5. The highest BCUT2D eigenvalue weighted by Crippen LogP contribution is 2.38. The maximum absolute atomic E-state index is 12.9. The number of carbonyl (C=O) groups excluding carboxylic acids is 1. The molecular weight excluding hydrogens is 421 g/mol. The number of aliphatic hydroxyl groups excluding tert-OH is 1.